The summed E-state index contributed by atoms with van der Waals surface area (Å²) < 4.78 is 46.7. The molecule has 10 heteroatoms. The smallest absolute Gasteiger partial charge is 0.261 e. The van der Waals surface area contributed by atoms with Crippen LogP contribution < -0.4 is 14.9 Å². The molecule has 2 heterocycles. The summed E-state index contributed by atoms with van der Waals surface area (Å²) in [6.45, 7) is 4.37. The minimum atomic E-state index is -4.01. The number of benzene rings is 2. The Morgan fingerprint density at radius 2 is 1.85 bits per heavy atom. The number of hydrogen-bond acceptors (Lipinski definition) is 6. The maximum absolute atomic E-state index is 13.8. The van der Waals surface area contributed by atoms with E-state index >= 15 is 0 Å². The molecule has 2 N–H and O–H groups in total. The highest BCUT2D eigenvalue weighted by Crippen LogP contribution is 2.21. The lowest BCUT2D eigenvalue weighted by Gasteiger charge is -2.27. The summed E-state index contributed by atoms with van der Waals surface area (Å²) in [4.78, 5) is 19.0. The Hall–Kier alpha value is -3.50. The van der Waals surface area contributed by atoms with Crippen molar-refractivity contribution in [3.05, 3.63) is 77.7 Å². The third kappa shape index (κ3) is 5.47. The van der Waals surface area contributed by atoms with Crippen LogP contribution in [0.25, 0.3) is 0 Å². The second kappa shape index (κ2) is 9.55. The van der Waals surface area contributed by atoms with E-state index in [1.165, 1.54) is 24.3 Å². The van der Waals surface area contributed by atoms with E-state index in [-0.39, 0.29) is 16.1 Å². The van der Waals surface area contributed by atoms with Gasteiger partial charge in [-0.25, -0.2) is 17.8 Å². The largest absolute Gasteiger partial charge is 0.378 e. The first-order chi connectivity index (χ1) is 15.8. The third-order valence-electron chi connectivity index (χ3n) is 5.17. The number of ether oxygens (including phenoxy) is 1. The molecule has 1 amide bonds. The number of anilines is 3. The highest BCUT2D eigenvalue weighted by molar-refractivity contribution is 7.92. The van der Waals surface area contributed by atoms with Crippen LogP contribution in [0.3, 0.4) is 0 Å². The van der Waals surface area contributed by atoms with Gasteiger partial charge >= 0.3 is 0 Å². The lowest BCUT2D eigenvalue weighted by molar-refractivity contribution is 0.102. The molecule has 172 valence electrons. The van der Waals surface area contributed by atoms with Crippen molar-refractivity contribution >= 4 is 33.1 Å². The van der Waals surface area contributed by atoms with Crippen LogP contribution in [0.1, 0.15) is 15.9 Å². The number of sulfonamides is 1. The van der Waals surface area contributed by atoms with Crippen LogP contribution in [0, 0.1) is 12.7 Å². The van der Waals surface area contributed by atoms with Crippen molar-refractivity contribution in [2.45, 2.75) is 11.8 Å². The fourth-order valence-corrected chi connectivity index (χ4v) is 4.38. The van der Waals surface area contributed by atoms with E-state index in [2.05, 4.69) is 19.9 Å². The molecule has 1 saturated heterocycles. The van der Waals surface area contributed by atoms with Crippen LogP contribution in [-0.2, 0) is 14.8 Å². The standard InChI is InChI=1S/C23H23FN4O4S/c1-16-5-7-20(14-21(16)24)33(30,31)27-18-4-2-3-17(13-18)23(29)26-19-6-8-22(25-15-19)28-9-11-32-12-10-28/h2-8,13-15,27H,9-12H2,1H3,(H,26,29). The van der Waals surface area contributed by atoms with Crippen molar-refractivity contribution in [3.8, 4) is 0 Å². The average Bonchev–Trinajstić information content (AvgIpc) is 2.81. The molecule has 2 aromatic carbocycles. The molecule has 1 fully saturated rings. The summed E-state index contributed by atoms with van der Waals surface area (Å²) in [5.74, 6) is -0.224. The number of pyridine rings is 1. The number of carbonyl (C=O) groups is 1. The maximum Gasteiger partial charge on any atom is 0.261 e. The van der Waals surface area contributed by atoms with Crippen LogP contribution >= 0.6 is 0 Å². The van der Waals surface area contributed by atoms with Gasteiger partial charge in [-0.2, -0.15) is 0 Å². The molecule has 0 bridgehead atoms. The normalized spacial score (nSPS) is 14.1. The van der Waals surface area contributed by atoms with Gasteiger partial charge in [-0.15, -0.1) is 0 Å². The van der Waals surface area contributed by atoms with Gasteiger partial charge in [0.1, 0.15) is 11.6 Å². The molecular formula is C23H23FN4O4S. The summed E-state index contributed by atoms with van der Waals surface area (Å²) in [5, 5.41) is 2.75. The van der Waals surface area contributed by atoms with Gasteiger partial charge < -0.3 is 15.0 Å². The molecule has 0 aliphatic carbocycles. The van der Waals surface area contributed by atoms with Crippen molar-refractivity contribution in [1.82, 2.24) is 4.98 Å². The van der Waals surface area contributed by atoms with Crippen LogP contribution in [0.15, 0.2) is 65.7 Å². The van der Waals surface area contributed by atoms with E-state index < -0.39 is 21.7 Å². The van der Waals surface area contributed by atoms with Crippen molar-refractivity contribution < 1.29 is 22.3 Å². The molecule has 3 aromatic rings. The van der Waals surface area contributed by atoms with E-state index in [1.54, 1.807) is 31.3 Å². The molecule has 0 unspecified atom stereocenters. The van der Waals surface area contributed by atoms with Gasteiger partial charge in [-0.1, -0.05) is 12.1 Å². The molecule has 4 rings (SSSR count). The van der Waals surface area contributed by atoms with E-state index in [1.807, 2.05) is 6.07 Å². The zero-order valence-corrected chi connectivity index (χ0v) is 18.7. The zero-order chi connectivity index (χ0) is 23.4. The molecule has 0 atom stereocenters. The van der Waals surface area contributed by atoms with Gasteiger partial charge in [0.05, 0.1) is 30.0 Å². The molecule has 33 heavy (non-hydrogen) atoms. The highest BCUT2D eigenvalue weighted by Gasteiger charge is 2.17. The maximum atomic E-state index is 13.8. The molecule has 1 aliphatic rings. The number of hydrogen-bond donors (Lipinski definition) is 2. The Morgan fingerprint density at radius 1 is 1.06 bits per heavy atom. The number of morpholine rings is 1. The molecule has 1 aliphatic heterocycles. The van der Waals surface area contributed by atoms with Gasteiger partial charge in [-0.05, 0) is 55.0 Å². The molecule has 8 nitrogen and oxygen atoms in total. The number of aromatic nitrogens is 1. The quantitative estimate of drug-likeness (QED) is 0.573. The Balaban J connectivity index is 1.44. The van der Waals surface area contributed by atoms with Crippen molar-refractivity contribution in [1.29, 1.82) is 0 Å². The Kier molecular flexibility index (Phi) is 6.57. The minimum absolute atomic E-state index is 0.185. The first kappa shape index (κ1) is 22.7. The van der Waals surface area contributed by atoms with Gasteiger partial charge in [0.2, 0.25) is 0 Å². The summed E-state index contributed by atoms with van der Waals surface area (Å²) in [7, 11) is -4.01. The van der Waals surface area contributed by atoms with E-state index in [0.29, 0.717) is 24.5 Å². The second-order valence-electron chi connectivity index (χ2n) is 7.56. The highest BCUT2D eigenvalue weighted by atomic mass is 32.2. The van der Waals surface area contributed by atoms with E-state index in [0.717, 1.165) is 25.0 Å². The Morgan fingerprint density at radius 3 is 2.55 bits per heavy atom. The van der Waals surface area contributed by atoms with Crippen molar-refractivity contribution in [2.24, 2.45) is 0 Å². The predicted molar refractivity (Wildman–Crippen MR) is 124 cm³/mol. The van der Waals surface area contributed by atoms with Crippen LogP contribution in [0.5, 0.6) is 0 Å². The molecule has 1 aromatic heterocycles. The molecule has 0 spiro atoms. The second-order valence-corrected chi connectivity index (χ2v) is 9.24. The number of aryl methyl sites for hydroxylation is 1. The minimum Gasteiger partial charge on any atom is -0.378 e. The summed E-state index contributed by atoms with van der Waals surface area (Å²) in [6, 6.07) is 13.3. The van der Waals surface area contributed by atoms with E-state index in [4.69, 9.17) is 4.74 Å². The van der Waals surface area contributed by atoms with Gasteiger partial charge in [-0.3, -0.25) is 9.52 Å². The number of nitrogens with zero attached hydrogens (tertiary/aromatic N) is 2. The van der Waals surface area contributed by atoms with Crippen LogP contribution in [0.4, 0.5) is 21.6 Å². The average molecular weight is 471 g/mol. The monoisotopic (exact) mass is 470 g/mol. The number of rotatable bonds is 6. The predicted octanol–water partition coefficient (Wildman–Crippen LogP) is 3.42. The van der Waals surface area contributed by atoms with Gasteiger partial charge in [0, 0.05) is 24.3 Å². The Labute approximate surface area is 191 Å². The number of halogens is 1. The number of nitrogens with one attached hydrogen (secondary N) is 2. The van der Waals surface area contributed by atoms with Crippen LogP contribution in [-0.4, -0.2) is 45.6 Å². The fraction of sp³-hybridized carbons (Fsp3) is 0.217. The zero-order valence-electron chi connectivity index (χ0n) is 17.9. The molecule has 0 saturated carbocycles. The van der Waals surface area contributed by atoms with Crippen molar-refractivity contribution in [2.75, 3.05) is 41.2 Å². The summed E-state index contributed by atoms with van der Waals surface area (Å²) >= 11 is 0. The summed E-state index contributed by atoms with van der Waals surface area (Å²) in [5.41, 5.74) is 1.30. The topological polar surface area (TPSA) is 101 Å². The number of amides is 1. The summed E-state index contributed by atoms with van der Waals surface area (Å²) in [6.07, 6.45) is 1.57. The first-order valence-corrected chi connectivity index (χ1v) is 11.8. The van der Waals surface area contributed by atoms with Gasteiger partial charge in [0.25, 0.3) is 15.9 Å². The lowest BCUT2D eigenvalue weighted by Crippen LogP contribution is -2.36. The SMILES string of the molecule is Cc1ccc(S(=O)(=O)Nc2cccc(C(=O)Nc3ccc(N4CCOCC4)nc3)c2)cc1F. The molecule has 0 radical (unpaired) electrons. The van der Waals surface area contributed by atoms with Crippen molar-refractivity contribution in [3.63, 3.8) is 0 Å². The van der Waals surface area contributed by atoms with Gasteiger partial charge in [0.15, 0.2) is 0 Å². The fourth-order valence-electron chi connectivity index (χ4n) is 3.32. The van der Waals surface area contributed by atoms with Crippen LogP contribution in [0.2, 0.25) is 0 Å². The number of carbonyl (C=O) groups excluding carboxylic acids is 1. The molecular weight excluding hydrogens is 447 g/mol. The first-order valence-electron chi connectivity index (χ1n) is 10.3. The lowest BCUT2D eigenvalue weighted by atomic mass is 10.2. The van der Waals surface area contributed by atoms with E-state index in [9.17, 15) is 17.6 Å². The third-order valence-corrected chi connectivity index (χ3v) is 6.55. The Bertz CT molecular complexity index is 1260.